The van der Waals surface area contributed by atoms with Gasteiger partial charge in [0.1, 0.15) is 6.61 Å². The molecular formula is C12H20BrF2NO2. The maximum absolute atomic E-state index is 11.8. The predicted molar refractivity (Wildman–Crippen MR) is 69.1 cm³/mol. The molecule has 0 aliphatic heterocycles. The van der Waals surface area contributed by atoms with E-state index in [4.69, 9.17) is 0 Å². The highest BCUT2D eigenvalue weighted by atomic mass is 79.9. The Balaban J connectivity index is 2.06. The van der Waals surface area contributed by atoms with Gasteiger partial charge in [0.05, 0.1) is 6.61 Å². The molecule has 0 spiro atoms. The van der Waals surface area contributed by atoms with Gasteiger partial charge in [-0.1, -0.05) is 22.4 Å². The summed E-state index contributed by atoms with van der Waals surface area (Å²) in [5, 5.41) is 3.83. The molecule has 0 aromatic rings. The highest BCUT2D eigenvalue weighted by Crippen LogP contribution is 2.32. The lowest BCUT2D eigenvalue weighted by atomic mass is 9.98. The maximum atomic E-state index is 11.8. The number of hydrogen-bond donors (Lipinski definition) is 1. The van der Waals surface area contributed by atoms with Gasteiger partial charge < -0.3 is 10.1 Å². The Kier molecular flexibility index (Phi) is 7.74. The van der Waals surface area contributed by atoms with Crippen LogP contribution < -0.4 is 5.32 Å². The van der Waals surface area contributed by atoms with Crippen LogP contribution in [0.25, 0.3) is 0 Å². The molecular weight excluding hydrogens is 308 g/mol. The van der Waals surface area contributed by atoms with Crippen molar-refractivity contribution in [2.75, 3.05) is 25.1 Å². The van der Waals surface area contributed by atoms with E-state index in [0.29, 0.717) is 18.4 Å². The monoisotopic (exact) mass is 327 g/mol. The molecule has 0 saturated heterocycles. The molecule has 1 N–H and O–H groups in total. The maximum Gasteiger partial charge on any atom is 0.261 e. The third-order valence-electron chi connectivity index (χ3n) is 3.29. The molecule has 2 unspecified atom stereocenters. The molecule has 1 saturated carbocycles. The van der Waals surface area contributed by atoms with E-state index < -0.39 is 13.0 Å². The van der Waals surface area contributed by atoms with Crippen LogP contribution in [-0.4, -0.2) is 37.4 Å². The summed E-state index contributed by atoms with van der Waals surface area (Å²) >= 11 is 3.48. The minimum absolute atomic E-state index is 0.0582. The number of ether oxygens (including phenoxy) is 1. The number of carbonyl (C=O) groups excluding carboxylic acids is 1. The molecule has 106 valence electrons. The lowest BCUT2D eigenvalue weighted by Gasteiger charge is -2.17. The number of carbonyl (C=O) groups is 1. The molecule has 1 fully saturated rings. The van der Waals surface area contributed by atoms with Gasteiger partial charge >= 0.3 is 0 Å². The molecule has 0 aromatic carbocycles. The van der Waals surface area contributed by atoms with Crippen molar-refractivity contribution < 1.29 is 18.3 Å². The second kappa shape index (κ2) is 8.80. The first-order valence-electron chi connectivity index (χ1n) is 6.32. The molecule has 3 nitrogen and oxygen atoms in total. The molecule has 18 heavy (non-hydrogen) atoms. The van der Waals surface area contributed by atoms with E-state index in [0.717, 1.165) is 11.8 Å². The van der Waals surface area contributed by atoms with E-state index >= 15 is 0 Å². The Morgan fingerprint density at radius 3 is 2.78 bits per heavy atom. The van der Waals surface area contributed by atoms with E-state index in [1.54, 1.807) is 0 Å². The average molecular weight is 328 g/mol. The molecule has 0 heterocycles. The van der Waals surface area contributed by atoms with Crippen molar-refractivity contribution in [2.24, 2.45) is 11.8 Å². The zero-order valence-electron chi connectivity index (χ0n) is 10.3. The summed E-state index contributed by atoms with van der Waals surface area (Å²) < 4.78 is 28.2. The molecule has 0 radical (unpaired) electrons. The van der Waals surface area contributed by atoms with Gasteiger partial charge in [0.15, 0.2) is 0 Å². The minimum Gasteiger partial charge on any atom is -0.375 e. The van der Waals surface area contributed by atoms with Crippen molar-refractivity contribution >= 4 is 21.8 Å². The van der Waals surface area contributed by atoms with E-state index in [-0.39, 0.29) is 18.9 Å². The summed E-state index contributed by atoms with van der Waals surface area (Å²) in [5.74, 6) is 1.06. The number of alkyl halides is 3. The third-order valence-corrected chi connectivity index (χ3v) is 4.13. The minimum atomic E-state index is -2.47. The van der Waals surface area contributed by atoms with Crippen LogP contribution in [0.2, 0.25) is 0 Å². The van der Waals surface area contributed by atoms with Crippen molar-refractivity contribution in [3.8, 4) is 0 Å². The normalized spacial score (nSPS) is 23.6. The lowest BCUT2D eigenvalue weighted by Crippen LogP contribution is -2.31. The standard InChI is InChI=1S/C12H20BrF2NO2/c13-6-9-2-1-3-10(9)7-16-12(17)4-5-18-8-11(14)15/h9-11H,1-8H2,(H,16,17). The fourth-order valence-electron chi connectivity index (χ4n) is 2.26. The number of hydrogen-bond acceptors (Lipinski definition) is 2. The Morgan fingerprint density at radius 1 is 1.39 bits per heavy atom. The van der Waals surface area contributed by atoms with Crippen molar-refractivity contribution in [3.05, 3.63) is 0 Å². The van der Waals surface area contributed by atoms with Crippen molar-refractivity contribution in [1.82, 2.24) is 5.32 Å². The Bertz CT molecular complexity index is 254. The van der Waals surface area contributed by atoms with Crippen LogP contribution in [0.3, 0.4) is 0 Å². The van der Waals surface area contributed by atoms with Gasteiger partial charge in [0.25, 0.3) is 6.43 Å². The fourth-order valence-corrected chi connectivity index (χ4v) is 3.11. The van der Waals surface area contributed by atoms with E-state index in [9.17, 15) is 13.6 Å². The largest absolute Gasteiger partial charge is 0.375 e. The van der Waals surface area contributed by atoms with Gasteiger partial charge in [-0.15, -0.1) is 0 Å². The first-order chi connectivity index (χ1) is 8.63. The van der Waals surface area contributed by atoms with Gasteiger partial charge in [-0.25, -0.2) is 8.78 Å². The molecule has 0 bridgehead atoms. The molecule has 0 aromatic heterocycles. The Labute approximate surface area is 115 Å². The van der Waals surface area contributed by atoms with Crippen LogP contribution in [0, 0.1) is 11.8 Å². The van der Waals surface area contributed by atoms with Crippen LogP contribution in [0.5, 0.6) is 0 Å². The summed E-state index contributed by atoms with van der Waals surface area (Å²) in [6.07, 6.45) is 1.26. The van der Waals surface area contributed by atoms with Gasteiger partial charge in [0.2, 0.25) is 5.91 Å². The van der Waals surface area contributed by atoms with Crippen molar-refractivity contribution in [2.45, 2.75) is 32.1 Å². The van der Waals surface area contributed by atoms with Crippen LogP contribution in [0.15, 0.2) is 0 Å². The first kappa shape index (κ1) is 15.8. The molecule has 2 atom stereocenters. The molecule has 1 aliphatic carbocycles. The van der Waals surface area contributed by atoms with Crippen LogP contribution in [0.4, 0.5) is 8.78 Å². The Morgan fingerprint density at radius 2 is 2.11 bits per heavy atom. The highest BCUT2D eigenvalue weighted by molar-refractivity contribution is 9.09. The summed E-state index contributed by atoms with van der Waals surface area (Å²) in [5.41, 5.74) is 0. The average Bonchev–Trinajstić information content (AvgIpc) is 2.79. The second-order valence-electron chi connectivity index (χ2n) is 4.63. The zero-order chi connectivity index (χ0) is 13.4. The molecule has 1 rings (SSSR count). The van der Waals surface area contributed by atoms with E-state index in [2.05, 4.69) is 26.0 Å². The second-order valence-corrected chi connectivity index (χ2v) is 5.27. The molecule has 6 heteroatoms. The topological polar surface area (TPSA) is 38.3 Å². The lowest BCUT2D eigenvalue weighted by molar-refractivity contribution is -0.122. The SMILES string of the molecule is O=C(CCOCC(F)F)NCC1CCCC1CBr. The van der Waals surface area contributed by atoms with Gasteiger partial charge in [-0.2, -0.15) is 0 Å². The number of halogens is 3. The van der Waals surface area contributed by atoms with Gasteiger partial charge in [-0.3, -0.25) is 4.79 Å². The summed E-state index contributed by atoms with van der Waals surface area (Å²) in [7, 11) is 0. The van der Waals surface area contributed by atoms with Crippen molar-refractivity contribution in [3.63, 3.8) is 0 Å². The quantitative estimate of drug-likeness (QED) is 0.549. The van der Waals surface area contributed by atoms with Gasteiger partial charge in [-0.05, 0) is 24.7 Å². The number of rotatable bonds is 8. The first-order valence-corrected chi connectivity index (χ1v) is 7.44. The molecule has 1 amide bonds. The fraction of sp³-hybridized carbons (Fsp3) is 0.917. The van der Waals surface area contributed by atoms with Gasteiger partial charge in [0, 0.05) is 18.3 Å². The smallest absolute Gasteiger partial charge is 0.261 e. The van der Waals surface area contributed by atoms with Crippen LogP contribution in [0.1, 0.15) is 25.7 Å². The highest BCUT2D eigenvalue weighted by Gasteiger charge is 2.26. The zero-order valence-corrected chi connectivity index (χ0v) is 11.9. The third kappa shape index (κ3) is 6.09. The number of nitrogens with one attached hydrogen (secondary N) is 1. The molecule has 1 aliphatic rings. The predicted octanol–water partition coefficient (Wildman–Crippen LogP) is 2.59. The van der Waals surface area contributed by atoms with Crippen LogP contribution in [-0.2, 0) is 9.53 Å². The van der Waals surface area contributed by atoms with Crippen LogP contribution >= 0.6 is 15.9 Å². The van der Waals surface area contributed by atoms with E-state index in [1.807, 2.05) is 0 Å². The number of amides is 1. The summed E-state index contributed by atoms with van der Waals surface area (Å²) in [4.78, 5) is 11.4. The summed E-state index contributed by atoms with van der Waals surface area (Å²) in [6.45, 7) is 0.147. The summed E-state index contributed by atoms with van der Waals surface area (Å²) in [6, 6.07) is 0. The van der Waals surface area contributed by atoms with Crippen molar-refractivity contribution in [1.29, 1.82) is 0 Å². The van der Waals surface area contributed by atoms with E-state index in [1.165, 1.54) is 12.8 Å². The Hall–Kier alpha value is -0.230.